The highest BCUT2D eigenvalue weighted by Gasteiger charge is 2.33. The summed E-state index contributed by atoms with van der Waals surface area (Å²) < 4.78 is 4.73. The molecule has 1 aromatic heterocycles. The van der Waals surface area contributed by atoms with Crippen LogP contribution in [0, 0.1) is 5.92 Å². The lowest BCUT2D eigenvalue weighted by atomic mass is 10.2. The Balaban J connectivity index is 2.42. The lowest BCUT2D eigenvalue weighted by Gasteiger charge is -2.18. The number of carbonyl (C=O) groups excluding carboxylic acids is 2. The van der Waals surface area contributed by atoms with Crippen LogP contribution < -0.4 is 4.90 Å². The van der Waals surface area contributed by atoms with Gasteiger partial charge in [0.1, 0.15) is 5.56 Å². The quantitative estimate of drug-likeness (QED) is 0.353. The largest absolute Gasteiger partial charge is 0.465 e. The number of hydrogen-bond acceptors (Lipinski definition) is 6. The number of thioether (sulfide) groups is 1. The van der Waals surface area contributed by atoms with Gasteiger partial charge < -0.3 is 4.74 Å². The molecule has 1 atom stereocenters. The van der Waals surface area contributed by atoms with Crippen LogP contribution in [0.1, 0.15) is 16.8 Å². The fourth-order valence-electron chi connectivity index (χ4n) is 2.00. The van der Waals surface area contributed by atoms with E-state index in [0.29, 0.717) is 23.9 Å². The Morgan fingerprint density at radius 1 is 1.65 bits per heavy atom. The Morgan fingerprint density at radius 3 is 2.95 bits per heavy atom. The maximum atomic E-state index is 12.1. The number of esters is 1. The monoisotopic (exact) mass is 359 g/mol. The molecule has 0 aromatic carbocycles. The normalized spacial score (nSPS) is 18.4. The average molecular weight is 360 g/mol. The van der Waals surface area contributed by atoms with Crippen LogP contribution >= 0.6 is 27.7 Å². The lowest BCUT2D eigenvalue weighted by Crippen LogP contribution is -2.28. The Bertz CT molecular complexity index is 541. The Kier molecular flexibility index (Phi) is 4.98. The summed E-state index contributed by atoms with van der Waals surface area (Å²) in [5.74, 6) is -0.0153. The smallest absolute Gasteiger partial charge is 0.343 e. The third-order valence-electron chi connectivity index (χ3n) is 3.01. The van der Waals surface area contributed by atoms with Crippen LogP contribution in [0.25, 0.3) is 0 Å². The van der Waals surface area contributed by atoms with Crippen LogP contribution in [0.3, 0.4) is 0 Å². The Labute approximate surface area is 129 Å². The summed E-state index contributed by atoms with van der Waals surface area (Å²) in [6.07, 6.45) is 3.70. The number of methoxy groups -OCH3 is 1. The number of halogens is 1. The molecule has 1 aliphatic rings. The van der Waals surface area contributed by atoms with E-state index in [-0.39, 0.29) is 17.4 Å². The van der Waals surface area contributed by atoms with E-state index in [4.69, 9.17) is 4.74 Å². The highest BCUT2D eigenvalue weighted by molar-refractivity contribution is 9.09. The molecule has 20 heavy (non-hydrogen) atoms. The minimum absolute atomic E-state index is 0.0367. The summed E-state index contributed by atoms with van der Waals surface area (Å²) in [6, 6.07) is 0. The lowest BCUT2D eigenvalue weighted by molar-refractivity contribution is -0.117. The van der Waals surface area contributed by atoms with E-state index in [0.717, 1.165) is 5.33 Å². The average Bonchev–Trinajstić information content (AvgIpc) is 2.86. The molecule has 6 nitrogen and oxygen atoms in total. The van der Waals surface area contributed by atoms with Crippen molar-refractivity contribution >= 4 is 45.4 Å². The van der Waals surface area contributed by atoms with Crippen LogP contribution in [0.15, 0.2) is 11.4 Å². The molecule has 0 saturated carbocycles. The van der Waals surface area contributed by atoms with Gasteiger partial charge in [0.25, 0.3) is 0 Å². The van der Waals surface area contributed by atoms with Crippen molar-refractivity contribution in [2.45, 2.75) is 11.6 Å². The van der Waals surface area contributed by atoms with Crippen LogP contribution in [0.4, 0.5) is 5.82 Å². The summed E-state index contributed by atoms with van der Waals surface area (Å²) in [5, 5.41) is 1.26. The first kappa shape index (κ1) is 15.2. The van der Waals surface area contributed by atoms with E-state index < -0.39 is 5.97 Å². The predicted octanol–water partition coefficient (Wildman–Crippen LogP) is 1.73. The molecular weight excluding hydrogens is 346 g/mol. The van der Waals surface area contributed by atoms with Gasteiger partial charge in [-0.1, -0.05) is 27.7 Å². The maximum Gasteiger partial charge on any atom is 0.343 e. The number of rotatable bonds is 4. The van der Waals surface area contributed by atoms with Crippen molar-refractivity contribution < 1.29 is 14.3 Å². The molecular formula is C12H14BrN3O3S. The molecule has 1 unspecified atom stereocenters. The summed E-state index contributed by atoms with van der Waals surface area (Å²) in [6.45, 7) is 0.541. The highest BCUT2D eigenvalue weighted by atomic mass is 79.9. The van der Waals surface area contributed by atoms with Crippen molar-refractivity contribution in [3.05, 3.63) is 11.8 Å². The number of amides is 1. The number of carbonyl (C=O) groups is 2. The SMILES string of the molecule is COC(=O)c1cnc(SC)nc1N1CC(CBr)CC1=O. The highest BCUT2D eigenvalue weighted by Crippen LogP contribution is 2.28. The topological polar surface area (TPSA) is 72.4 Å². The van der Waals surface area contributed by atoms with E-state index in [1.54, 1.807) is 4.90 Å². The summed E-state index contributed by atoms with van der Waals surface area (Å²) >= 11 is 4.74. The molecule has 1 saturated heterocycles. The van der Waals surface area contributed by atoms with Crippen molar-refractivity contribution in [3.63, 3.8) is 0 Å². The van der Waals surface area contributed by atoms with Crippen molar-refractivity contribution in [1.82, 2.24) is 9.97 Å². The molecule has 8 heteroatoms. The van der Waals surface area contributed by atoms with Crippen molar-refractivity contribution in [2.24, 2.45) is 5.92 Å². The van der Waals surface area contributed by atoms with Crippen molar-refractivity contribution in [3.8, 4) is 0 Å². The number of nitrogens with zero attached hydrogens (tertiary/aromatic N) is 3. The van der Waals surface area contributed by atoms with Gasteiger partial charge in [-0.15, -0.1) is 0 Å². The first-order valence-corrected chi connectivity index (χ1v) is 8.31. The third-order valence-corrected chi connectivity index (χ3v) is 4.49. The molecule has 2 rings (SSSR count). The molecule has 1 fully saturated rings. The fraction of sp³-hybridized carbons (Fsp3) is 0.500. The van der Waals surface area contributed by atoms with Gasteiger partial charge in [0, 0.05) is 24.5 Å². The zero-order chi connectivity index (χ0) is 14.7. The molecule has 0 spiro atoms. The molecule has 0 aliphatic carbocycles. The number of ether oxygens (including phenoxy) is 1. The first-order chi connectivity index (χ1) is 9.60. The summed E-state index contributed by atoms with van der Waals surface area (Å²) in [5.41, 5.74) is 0.217. The van der Waals surface area contributed by atoms with Crippen LogP contribution in [-0.4, -0.2) is 47.1 Å². The first-order valence-electron chi connectivity index (χ1n) is 5.96. The van der Waals surface area contributed by atoms with Crippen molar-refractivity contribution in [1.29, 1.82) is 0 Å². The number of alkyl halides is 1. The Morgan fingerprint density at radius 2 is 2.40 bits per heavy atom. The molecule has 1 aromatic rings. The molecule has 108 valence electrons. The third kappa shape index (κ3) is 2.95. The van der Waals surface area contributed by atoms with Gasteiger partial charge in [0.2, 0.25) is 5.91 Å². The molecule has 1 amide bonds. The van der Waals surface area contributed by atoms with Gasteiger partial charge in [0.15, 0.2) is 11.0 Å². The van der Waals surface area contributed by atoms with E-state index in [2.05, 4.69) is 25.9 Å². The van der Waals surface area contributed by atoms with Gasteiger partial charge in [-0.3, -0.25) is 9.69 Å². The van der Waals surface area contributed by atoms with Crippen molar-refractivity contribution in [2.75, 3.05) is 30.1 Å². The zero-order valence-electron chi connectivity index (χ0n) is 11.1. The van der Waals surface area contributed by atoms with Crippen LogP contribution in [-0.2, 0) is 9.53 Å². The second-order valence-electron chi connectivity index (χ2n) is 4.31. The number of anilines is 1. The summed E-state index contributed by atoms with van der Waals surface area (Å²) in [4.78, 5) is 33.8. The van der Waals surface area contributed by atoms with Gasteiger partial charge >= 0.3 is 5.97 Å². The van der Waals surface area contributed by atoms with E-state index >= 15 is 0 Å². The molecule has 0 N–H and O–H groups in total. The van der Waals surface area contributed by atoms with E-state index in [1.165, 1.54) is 25.1 Å². The predicted molar refractivity (Wildman–Crippen MR) is 79.4 cm³/mol. The van der Waals surface area contributed by atoms with E-state index in [1.807, 2.05) is 6.26 Å². The van der Waals surface area contributed by atoms with Gasteiger partial charge in [-0.2, -0.15) is 0 Å². The minimum atomic E-state index is -0.539. The zero-order valence-corrected chi connectivity index (χ0v) is 13.5. The molecule has 0 radical (unpaired) electrons. The minimum Gasteiger partial charge on any atom is -0.465 e. The molecule has 1 aliphatic heterocycles. The second-order valence-corrected chi connectivity index (χ2v) is 5.74. The van der Waals surface area contributed by atoms with Gasteiger partial charge in [-0.05, 0) is 12.2 Å². The summed E-state index contributed by atoms with van der Waals surface area (Å²) in [7, 11) is 1.29. The van der Waals surface area contributed by atoms with E-state index in [9.17, 15) is 9.59 Å². The van der Waals surface area contributed by atoms with Crippen LogP contribution in [0.2, 0.25) is 0 Å². The Hall–Kier alpha value is -1.15. The van der Waals surface area contributed by atoms with Crippen LogP contribution in [0.5, 0.6) is 0 Å². The maximum absolute atomic E-state index is 12.1. The number of aromatic nitrogens is 2. The standard InChI is InChI=1S/C12H14BrN3O3S/c1-19-11(18)8-5-14-12(20-2)15-10(8)16-6-7(4-13)3-9(16)17/h5,7H,3-4,6H2,1-2H3. The molecule has 2 heterocycles. The van der Waals surface area contributed by atoms with Gasteiger partial charge in [-0.25, -0.2) is 14.8 Å². The van der Waals surface area contributed by atoms with Gasteiger partial charge in [0.05, 0.1) is 7.11 Å². The second kappa shape index (κ2) is 6.53. The number of hydrogen-bond donors (Lipinski definition) is 0. The fourth-order valence-corrected chi connectivity index (χ4v) is 2.77. The molecule has 0 bridgehead atoms.